The second-order valence-electron chi connectivity index (χ2n) is 16.3. The van der Waals surface area contributed by atoms with Gasteiger partial charge in [-0.3, -0.25) is 33.8 Å². The van der Waals surface area contributed by atoms with Gasteiger partial charge in [0.1, 0.15) is 23.7 Å². The number of benzene rings is 1. The number of para-hydroxylation sites is 1. The quantitative estimate of drug-likeness (QED) is 0.116. The van der Waals surface area contributed by atoms with Crippen LogP contribution < -0.4 is 37.6 Å². The van der Waals surface area contributed by atoms with Crippen molar-refractivity contribution in [3.63, 3.8) is 0 Å². The molecular formula is C40H49F3N12O5. The van der Waals surface area contributed by atoms with E-state index in [0.717, 1.165) is 18.8 Å². The minimum absolute atomic E-state index is 0.0290. The van der Waals surface area contributed by atoms with Crippen molar-refractivity contribution in [2.24, 2.45) is 29.4 Å². The third-order valence-corrected chi connectivity index (χ3v) is 12.5. The molecule has 2 bridgehead atoms. The number of fused-ring (bicyclic) bond motifs is 3. The van der Waals surface area contributed by atoms with E-state index in [1.807, 2.05) is 22.9 Å². The van der Waals surface area contributed by atoms with Crippen LogP contribution in [-0.4, -0.2) is 125 Å². The topological polar surface area (TPSA) is 211 Å². The molecule has 3 amide bonds. The van der Waals surface area contributed by atoms with Crippen LogP contribution in [0.3, 0.4) is 0 Å². The SMILES string of the molecule is CN(CC1CC(N=C/C(NC(=O)/C(=C/N)c2nccc(N3C[C@H]4C[C@@H]3CO4)n2)=C(\N)C(F)F)C1)[C@@H]1CCN(c2cccc3c2n(C)c(=O)n3C2CCC(=O)NC2=O)C[C@@H]1F. The molecule has 60 heavy (non-hydrogen) atoms. The molecule has 320 valence electrons. The summed E-state index contributed by atoms with van der Waals surface area (Å²) in [5.74, 6) is -0.897. The fourth-order valence-electron chi connectivity index (χ4n) is 9.26. The molecule has 5 fully saturated rings. The number of piperidine rings is 2. The number of morpholine rings is 1. The van der Waals surface area contributed by atoms with Gasteiger partial charge in [-0.2, -0.15) is 0 Å². The van der Waals surface area contributed by atoms with Gasteiger partial charge in [-0.05, 0) is 63.3 Å². The van der Waals surface area contributed by atoms with Crippen molar-refractivity contribution in [2.75, 3.05) is 49.6 Å². The lowest BCUT2D eigenvalue weighted by molar-refractivity contribution is -0.135. The third-order valence-electron chi connectivity index (χ3n) is 12.5. The number of ether oxygens (including phenoxy) is 1. The van der Waals surface area contributed by atoms with E-state index in [4.69, 9.17) is 16.2 Å². The Balaban J connectivity index is 0.861. The Kier molecular flexibility index (Phi) is 11.4. The molecule has 6 heterocycles. The van der Waals surface area contributed by atoms with Crippen LogP contribution in [0.15, 0.2) is 57.8 Å². The van der Waals surface area contributed by atoms with Gasteiger partial charge in [-0.1, -0.05) is 6.07 Å². The number of carbonyl (C=O) groups is 3. The third kappa shape index (κ3) is 7.84. The molecule has 4 aliphatic heterocycles. The van der Waals surface area contributed by atoms with Gasteiger partial charge in [-0.25, -0.2) is 27.9 Å². The van der Waals surface area contributed by atoms with Crippen molar-refractivity contribution in [2.45, 2.75) is 81.4 Å². The predicted octanol–water partition coefficient (Wildman–Crippen LogP) is 1.33. The Hall–Kier alpha value is -5.76. The summed E-state index contributed by atoms with van der Waals surface area (Å²) >= 11 is 0. The minimum Gasteiger partial charge on any atom is -0.404 e. The number of aliphatic imine (C=N–C) groups is 1. The highest BCUT2D eigenvalue weighted by atomic mass is 19.3. The molecule has 4 saturated heterocycles. The van der Waals surface area contributed by atoms with Crippen LogP contribution in [0.1, 0.15) is 50.4 Å². The molecule has 2 aromatic heterocycles. The number of amides is 3. The summed E-state index contributed by atoms with van der Waals surface area (Å²) in [6, 6.07) is 5.89. The summed E-state index contributed by atoms with van der Waals surface area (Å²) in [5.41, 5.74) is 11.7. The molecule has 1 unspecified atom stereocenters. The number of nitrogens with zero attached hydrogens (tertiary/aromatic N) is 8. The van der Waals surface area contributed by atoms with Gasteiger partial charge < -0.3 is 36.2 Å². The first-order valence-electron chi connectivity index (χ1n) is 20.2. The number of aromatic nitrogens is 4. The summed E-state index contributed by atoms with van der Waals surface area (Å²) in [6.45, 7) is 2.48. The number of nitrogens with two attached hydrogens (primary N) is 2. The zero-order valence-electron chi connectivity index (χ0n) is 33.3. The number of anilines is 2. The van der Waals surface area contributed by atoms with Crippen LogP contribution in [0.2, 0.25) is 0 Å². The second kappa shape index (κ2) is 16.7. The Bertz CT molecular complexity index is 2320. The molecule has 1 aliphatic carbocycles. The normalized spacial score (nSPS) is 27.6. The van der Waals surface area contributed by atoms with Crippen molar-refractivity contribution in [1.82, 2.24) is 34.6 Å². The molecule has 5 aliphatic rings. The van der Waals surface area contributed by atoms with Gasteiger partial charge in [0, 0.05) is 57.8 Å². The van der Waals surface area contributed by atoms with Gasteiger partial charge in [0.05, 0.1) is 59.3 Å². The lowest BCUT2D eigenvalue weighted by Gasteiger charge is -2.43. The summed E-state index contributed by atoms with van der Waals surface area (Å²) in [5, 5.41) is 4.76. The van der Waals surface area contributed by atoms with E-state index in [0.29, 0.717) is 68.0 Å². The lowest BCUT2D eigenvalue weighted by Crippen LogP contribution is -2.53. The van der Waals surface area contributed by atoms with Crippen LogP contribution in [0.5, 0.6) is 0 Å². The maximum absolute atomic E-state index is 16.0. The number of rotatable bonds is 12. The van der Waals surface area contributed by atoms with E-state index in [2.05, 4.69) is 30.5 Å². The Morgan fingerprint density at radius 3 is 2.65 bits per heavy atom. The maximum Gasteiger partial charge on any atom is 0.329 e. The Labute approximate surface area is 343 Å². The molecule has 20 heteroatoms. The molecule has 8 rings (SSSR count). The van der Waals surface area contributed by atoms with Crippen LogP contribution in [0, 0.1) is 5.92 Å². The van der Waals surface area contributed by atoms with E-state index in [1.165, 1.54) is 15.3 Å². The van der Waals surface area contributed by atoms with Gasteiger partial charge in [0.15, 0.2) is 5.82 Å². The van der Waals surface area contributed by atoms with Gasteiger partial charge in [-0.15, -0.1) is 0 Å². The number of alkyl halides is 3. The highest BCUT2D eigenvalue weighted by molar-refractivity contribution is 6.19. The molecule has 5 atom stereocenters. The van der Waals surface area contributed by atoms with E-state index < -0.39 is 36.2 Å². The average Bonchev–Trinajstić information content (AvgIpc) is 3.92. The van der Waals surface area contributed by atoms with Crippen LogP contribution in [0.4, 0.5) is 24.7 Å². The standard InChI is InChI=1S/C40H49F3N12O5/c1-51(28-9-11-53(19-26(28)41)29-4-3-5-30-35(29)52(2)40(59)55(30)31-6-7-33(56)50-39(31)58)17-21-12-22(13-21)47-16-27(34(45)36(42)43)48-38(57)25(15-44)37-46-10-8-32(49-37)54-18-24-14-23(54)20-60-24/h3-5,8,10,15-16,21-24,26,28,31,36H,6-7,9,11-14,17-20,44-45H2,1-2H3,(H,48,57)(H,50,56,58)/b25-15+,34-27+,47-16?/t21?,22?,23-,24-,26+,28-,31?/m1/s1. The van der Waals surface area contributed by atoms with E-state index >= 15 is 4.39 Å². The second-order valence-corrected chi connectivity index (χ2v) is 16.3. The summed E-state index contributed by atoms with van der Waals surface area (Å²) < 4.78 is 52.2. The number of imidazole rings is 1. The monoisotopic (exact) mass is 834 g/mol. The summed E-state index contributed by atoms with van der Waals surface area (Å²) in [4.78, 5) is 70.5. The van der Waals surface area contributed by atoms with E-state index in [9.17, 15) is 28.0 Å². The first kappa shape index (κ1) is 41.0. The number of aryl methyl sites for hydroxylation is 1. The molecule has 17 nitrogen and oxygen atoms in total. The van der Waals surface area contributed by atoms with Crippen molar-refractivity contribution < 1.29 is 32.3 Å². The number of hydrogen-bond acceptors (Lipinski definition) is 13. The molecule has 1 aromatic carbocycles. The number of hydrogen-bond donors (Lipinski definition) is 4. The summed E-state index contributed by atoms with van der Waals surface area (Å²) in [7, 11) is 3.51. The zero-order valence-corrected chi connectivity index (χ0v) is 33.3. The first-order valence-corrected chi connectivity index (χ1v) is 20.2. The van der Waals surface area contributed by atoms with Crippen LogP contribution in [-0.2, 0) is 26.2 Å². The number of carbonyl (C=O) groups excluding carboxylic acids is 3. The highest BCUT2D eigenvalue weighted by Gasteiger charge is 2.40. The lowest BCUT2D eigenvalue weighted by atomic mass is 9.80. The number of allylic oxidation sites excluding steroid dienone is 2. The molecule has 0 radical (unpaired) electrons. The minimum atomic E-state index is -3.06. The Morgan fingerprint density at radius 2 is 1.97 bits per heavy atom. The van der Waals surface area contributed by atoms with E-state index in [-0.39, 0.29) is 78.2 Å². The summed E-state index contributed by atoms with van der Waals surface area (Å²) in [6.07, 6.45) is 2.54. The number of imide groups is 1. The largest absolute Gasteiger partial charge is 0.404 e. The Morgan fingerprint density at radius 1 is 1.17 bits per heavy atom. The fraction of sp³-hybridized carbons (Fsp3) is 0.525. The highest BCUT2D eigenvalue weighted by Crippen LogP contribution is 2.35. The molecule has 1 saturated carbocycles. The predicted molar refractivity (Wildman–Crippen MR) is 217 cm³/mol. The smallest absolute Gasteiger partial charge is 0.329 e. The average molecular weight is 835 g/mol. The van der Waals surface area contributed by atoms with Crippen molar-refractivity contribution in [1.29, 1.82) is 0 Å². The van der Waals surface area contributed by atoms with Crippen LogP contribution in [0.25, 0.3) is 16.6 Å². The van der Waals surface area contributed by atoms with Gasteiger partial charge >= 0.3 is 5.69 Å². The number of nitrogens with one attached hydrogen (secondary N) is 2. The molecular weight excluding hydrogens is 786 g/mol. The molecule has 6 N–H and O–H groups in total. The van der Waals surface area contributed by atoms with Crippen LogP contribution >= 0.6 is 0 Å². The zero-order chi connectivity index (χ0) is 42.4. The fourth-order valence-corrected chi connectivity index (χ4v) is 9.26. The van der Waals surface area contributed by atoms with Gasteiger partial charge in [0.25, 0.3) is 12.3 Å². The number of halogens is 3. The first-order chi connectivity index (χ1) is 28.8. The van der Waals surface area contributed by atoms with Crippen molar-refractivity contribution >= 4 is 52.0 Å². The van der Waals surface area contributed by atoms with Gasteiger partial charge in [0.2, 0.25) is 11.8 Å². The van der Waals surface area contributed by atoms with E-state index in [1.54, 1.807) is 25.2 Å². The molecule has 0 spiro atoms. The molecule has 3 aromatic rings. The van der Waals surface area contributed by atoms with Crippen molar-refractivity contribution in [3.8, 4) is 0 Å². The maximum atomic E-state index is 16.0. The van der Waals surface area contributed by atoms with Crippen molar-refractivity contribution in [3.05, 3.63) is 64.4 Å².